The average Bonchev–Trinajstić information content (AvgIpc) is 2.85. The first-order valence-electron chi connectivity index (χ1n) is 4.22. The summed E-state index contributed by atoms with van der Waals surface area (Å²) >= 11 is 10.4. The summed E-state index contributed by atoms with van der Waals surface area (Å²) in [5, 5.41) is 8.47. The smallest absolute Gasteiger partial charge is 0.139 e. The Morgan fingerprint density at radius 1 is 1.31 bits per heavy atom. The summed E-state index contributed by atoms with van der Waals surface area (Å²) in [4.78, 5) is 1.95. The Morgan fingerprint density at radius 3 is 1.92 bits per heavy atom. The van der Waals surface area contributed by atoms with E-state index in [4.69, 9.17) is 33.0 Å². The lowest BCUT2D eigenvalue weighted by Crippen LogP contribution is -2.18. The van der Waals surface area contributed by atoms with E-state index in [1.54, 1.807) is 0 Å². The van der Waals surface area contributed by atoms with Crippen molar-refractivity contribution in [3.8, 4) is 0 Å². The molecule has 1 aliphatic heterocycles. The molecule has 0 aliphatic carbocycles. The second kappa shape index (κ2) is 7.83. The number of rotatable bonds is 4. The lowest BCUT2D eigenvalue weighted by Gasteiger charge is -2.01. The Morgan fingerprint density at radius 2 is 1.85 bits per heavy atom. The topological polar surface area (TPSA) is 36.0 Å². The van der Waals surface area contributed by atoms with Gasteiger partial charge in [-0.05, 0) is 20.5 Å². The van der Waals surface area contributed by atoms with Crippen LogP contribution in [0.5, 0.6) is 0 Å². The molecular weight excluding hydrogens is 213 g/mol. The zero-order chi connectivity index (χ0) is 10.3. The van der Waals surface area contributed by atoms with Crippen LogP contribution in [0.4, 0.5) is 0 Å². The van der Waals surface area contributed by atoms with Crippen LogP contribution in [0.3, 0.4) is 0 Å². The highest BCUT2D eigenvalue weighted by Gasteiger charge is 2.39. The van der Waals surface area contributed by atoms with Crippen LogP contribution in [-0.2, 0) is 4.74 Å². The summed E-state index contributed by atoms with van der Waals surface area (Å²) in [6, 6.07) is 0. The predicted molar refractivity (Wildman–Crippen MR) is 55.5 cm³/mol. The first-order valence-corrected chi connectivity index (χ1v) is 5.29. The summed E-state index contributed by atoms with van der Waals surface area (Å²) in [6.07, 6.45) is 1.16. The highest BCUT2D eigenvalue weighted by Crippen LogP contribution is 2.22. The van der Waals surface area contributed by atoms with Crippen molar-refractivity contribution in [3.05, 3.63) is 0 Å². The van der Waals surface area contributed by atoms with E-state index in [1.807, 2.05) is 19.0 Å². The molecule has 0 aromatic heterocycles. The molecule has 1 aliphatic rings. The van der Waals surface area contributed by atoms with Crippen LogP contribution in [-0.4, -0.2) is 54.8 Å². The van der Waals surface area contributed by atoms with Crippen molar-refractivity contribution in [2.75, 3.05) is 32.5 Å². The maximum Gasteiger partial charge on any atom is 0.139 e. The summed E-state index contributed by atoms with van der Waals surface area (Å²) in [5.41, 5.74) is 0. The van der Waals surface area contributed by atoms with E-state index in [0.29, 0.717) is 11.8 Å². The highest BCUT2D eigenvalue weighted by atomic mass is 35.5. The Bertz CT molecular complexity index is 123. The Balaban J connectivity index is 0.000000252. The molecule has 3 nitrogen and oxygen atoms in total. The summed E-state index contributed by atoms with van der Waals surface area (Å²) in [5.74, 6) is 1.37. The maximum atomic E-state index is 8.47. The third-order valence-electron chi connectivity index (χ3n) is 1.51. The SMILES string of the molecule is CN(C)C1OC1CO.ClCCCCl. The predicted octanol–water partition coefficient (Wildman–Crippen LogP) is 1.12. The van der Waals surface area contributed by atoms with Gasteiger partial charge in [0.15, 0.2) is 0 Å². The third-order valence-corrected chi connectivity index (χ3v) is 2.05. The van der Waals surface area contributed by atoms with Gasteiger partial charge in [0, 0.05) is 11.8 Å². The number of likely N-dealkylation sites (N-methyl/N-ethyl adjacent to an activating group) is 1. The number of epoxide rings is 1. The molecule has 0 bridgehead atoms. The van der Waals surface area contributed by atoms with Crippen molar-refractivity contribution in [1.82, 2.24) is 4.90 Å². The van der Waals surface area contributed by atoms with Crippen LogP contribution in [0, 0.1) is 0 Å². The van der Waals surface area contributed by atoms with Crippen molar-refractivity contribution in [1.29, 1.82) is 0 Å². The van der Waals surface area contributed by atoms with Crippen LogP contribution >= 0.6 is 23.2 Å². The molecule has 0 spiro atoms. The van der Waals surface area contributed by atoms with Gasteiger partial charge < -0.3 is 9.84 Å². The van der Waals surface area contributed by atoms with Gasteiger partial charge in [0.2, 0.25) is 0 Å². The molecular formula is C8H17Cl2NO2. The van der Waals surface area contributed by atoms with E-state index in [2.05, 4.69) is 0 Å². The quantitative estimate of drug-likeness (QED) is 0.580. The number of halogens is 2. The number of hydrogen-bond donors (Lipinski definition) is 1. The zero-order valence-corrected chi connectivity index (χ0v) is 9.55. The first kappa shape index (κ1) is 13.5. The number of aliphatic hydroxyl groups excluding tert-OH is 1. The van der Waals surface area contributed by atoms with Gasteiger partial charge in [-0.1, -0.05) is 0 Å². The Hall–Kier alpha value is 0.460. The van der Waals surface area contributed by atoms with Crippen molar-refractivity contribution >= 4 is 23.2 Å². The molecule has 2 unspecified atom stereocenters. The first-order chi connectivity index (χ1) is 6.17. The molecule has 0 amide bonds. The molecule has 1 N–H and O–H groups in total. The molecule has 1 saturated heterocycles. The van der Waals surface area contributed by atoms with Gasteiger partial charge in [-0.15, -0.1) is 23.2 Å². The highest BCUT2D eigenvalue weighted by molar-refractivity contribution is 6.20. The minimum absolute atomic E-state index is 0.0741. The maximum absolute atomic E-state index is 8.47. The van der Waals surface area contributed by atoms with E-state index in [-0.39, 0.29) is 18.9 Å². The molecule has 0 aromatic rings. The van der Waals surface area contributed by atoms with E-state index in [9.17, 15) is 0 Å². The lowest BCUT2D eigenvalue weighted by atomic mass is 10.4. The minimum Gasteiger partial charge on any atom is -0.394 e. The average molecular weight is 230 g/mol. The minimum atomic E-state index is 0.0741. The van der Waals surface area contributed by atoms with Crippen molar-refractivity contribution in [3.63, 3.8) is 0 Å². The zero-order valence-electron chi connectivity index (χ0n) is 8.04. The fourth-order valence-electron chi connectivity index (χ4n) is 0.772. The lowest BCUT2D eigenvalue weighted by molar-refractivity contribution is 0.224. The summed E-state index contributed by atoms with van der Waals surface area (Å²) in [7, 11) is 3.86. The van der Waals surface area contributed by atoms with Crippen LogP contribution < -0.4 is 0 Å². The number of alkyl halides is 2. The fraction of sp³-hybridized carbons (Fsp3) is 1.00. The number of nitrogens with zero attached hydrogens (tertiary/aromatic N) is 1. The number of hydrogen-bond acceptors (Lipinski definition) is 3. The molecule has 5 heteroatoms. The van der Waals surface area contributed by atoms with E-state index in [0.717, 1.165) is 6.42 Å². The van der Waals surface area contributed by atoms with E-state index in [1.165, 1.54) is 0 Å². The summed E-state index contributed by atoms with van der Waals surface area (Å²) in [6.45, 7) is 0.142. The van der Waals surface area contributed by atoms with E-state index < -0.39 is 0 Å². The van der Waals surface area contributed by atoms with Crippen molar-refractivity contribution in [2.45, 2.75) is 18.8 Å². The van der Waals surface area contributed by atoms with Gasteiger partial charge in [-0.2, -0.15) is 0 Å². The summed E-state index contributed by atoms with van der Waals surface area (Å²) < 4.78 is 5.00. The Kier molecular flexibility index (Phi) is 8.10. The second-order valence-electron chi connectivity index (χ2n) is 2.94. The molecule has 0 aromatic carbocycles. The molecule has 1 heterocycles. The molecule has 13 heavy (non-hydrogen) atoms. The molecule has 0 radical (unpaired) electrons. The number of aliphatic hydroxyl groups is 1. The van der Waals surface area contributed by atoms with Crippen molar-refractivity contribution < 1.29 is 9.84 Å². The monoisotopic (exact) mass is 229 g/mol. The van der Waals surface area contributed by atoms with Crippen LogP contribution in [0.2, 0.25) is 0 Å². The normalized spacial score (nSPS) is 25.4. The van der Waals surface area contributed by atoms with Gasteiger partial charge in [0.25, 0.3) is 0 Å². The van der Waals surface area contributed by atoms with E-state index >= 15 is 0 Å². The van der Waals surface area contributed by atoms with Gasteiger partial charge in [-0.3, -0.25) is 4.90 Å². The van der Waals surface area contributed by atoms with Gasteiger partial charge >= 0.3 is 0 Å². The van der Waals surface area contributed by atoms with Crippen LogP contribution in [0.15, 0.2) is 0 Å². The standard InChI is InChI=1S/C5H11NO2.C3H6Cl2/c1-6(2)5-4(3-7)8-5;4-2-1-3-5/h4-5,7H,3H2,1-2H3;1-3H2. The number of ether oxygens (including phenoxy) is 1. The largest absolute Gasteiger partial charge is 0.394 e. The third kappa shape index (κ3) is 6.52. The van der Waals surface area contributed by atoms with Crippen LogP contribution in [0.25, 0.3) is 0 Å². The van der Waals surface area contributed by atoms with Crippen molar-refractivity contribution in [2.24, 2.45) is 0 Å². The molecule has 0 saturated carbocycles. The fourth-order valence-corrected chi connectivity index (χ4v) is 1.18. The van der Waals surface area contributed by atoms with Crippen LogP contribution in [0.1, 0.15) is 6.42 Å². The Labute approximate surface area is 89.6 Å². The van der Waals surface area contributed by atoms with Gasteiger partial charge in [-0.25, -0.2) is 0 Å². The second-order valence-corrected chi connectivity index (χ2v) is 3.70. The van der Waals surface area contributed by atoms with Gasteiger partial charge in [0.1, 0.15) is 12.3 Å². The molecule has 1 rings (SSSR count). The van der Waals surface area contributed by atoms with Gasteiger partial charge in [0.05, 0.1) is 6.61 Å². The molecule has 1 fully saturated rings. The molecule has 80 valence electrons. The molecule has 2 atom stereocenters.